The van der Waals surface area contributed by atoms with Crippen LogP contribution in [0.1, 0.15) is 12.0 Å². The standard InChI is InChI=1S/C17H15F4N3O4/c1-27-15-7-13(12(18)6-14(15)24(25)26)23-5-4-11(9-23)28-16-3-2-10(8-22-16)17(19,20)21/h2-3,6-8,11H,4-5,9H2,1H3. The quantitative estimate of drug-likeness (QED) is 0.431. The molecule has 0 radical (unpaired) electrons. The first-order valence-electron chi connectivity index (χ1n) is 8.16. The number of pyridine rings is 1. The second kappa shape index (κ2) is 7.49. The van der Waals surface area contributed by atoms with E-state index >= 15 is 0 Å². The third-order valence-corrected chi connectivity index (χ3v) is 4.28. The summed E-state index contributed by atoms with van der Waals surface area (Å²) in [7, 11) is 1.25. The van der Waals surface area contributed by atoms with Crippen LogP contribution in [0.5, 0.6) is 11.6 Å². The lowest BCUT2D eigenvalue weighted by molar-refractivity contribution is -0.385. The number of anilines is 1. The molecule has 0 saturated carbocycles. The van der Waals surface area contributed by atoms with Crippen LogP contribution >= 0.6 is 0 Å². The highest BCUT2D eigenvalue weighted by atomic mass is 19.4. The Morgan fingerprint density at radius 1 is 1.32 bits per heavy atom. The molecule has 11 heteroatoms. The minimum absolute atomic E-state index is 0.0293. The molecule has 0 bridgehead atoms. The van der Waals surface area contributed by atoms with Crippen LogP contribution in [0.2, 0.25) is 0 Å². The van der Waals surface area contributed by atoms with Gasteiger partial charge in [0.25, 0.3) is 0 Å². The number of nitro benzene ring substituents is 1. The van der Waals surface area contributed by atoms with E-state index < -0.39 is 34.3 Å². The van der Waals surface area contributed by atoms with Crippen molar-refractivity contribution in [3.8, 4) is 11.6 Å². The predicted molar refractivity (Wildman–Crippen MR) is 90.1 cm³/mol. The zero-order valence-electron chi connectivity index (χ0n) is 14.6. The van der Waals surface area contributed by atoms with Crippen LogP contribution in [0, 0.1) is 15.9 Å². The molecule has 0 amide bonds. The molecule has 7 nitrogen and oxygen atoms in total. The van der Waals surface area contributed by atoms with Gasteiger partial charge in [0.1, 0.15) is 6.10 Å². The summed E-state index contributed by atoms with van der Waals surface area (Å²) < 4.78 is 62.6. The zero-order chi connectivity index (χ0) is 20.5. The average Bonchev–Trinajstić information content (AvgIpc) is 3.09. The molecule has 2 heterocycles. The molecule has 1 aliphatic heterocycles. The van der Waals surface area contributed by atoms with Crippen LogP contribution < -0.4 is 14.4 Å². The molecule has 150 valence electrons. The highest BCUT2D eigenvalue weighted by Gasteiger charge is 2.32. The predicted octanol–water partition coefficient (Wildman–Crippen LogP) is 3.81. The smallest absolute Gasteiger partial charge is 0.417 e. The van der Waals surface area contributed by atoms with Crippen molar-refractivity contribution in [2.45, 2.75) is 18.7 Å². The van der Waals surface area contributed by atoms with E-state index in [-0.39, 0.29) is 23.9 Å². The molecule has 0 spiro atoms. The summed E-state index contributed by atoms with van der Waals surface area (Å²) in [5.74, 6) is -0.822. The molecule has 1 aromatic heterocycles. The number of ether oxygens (including phenoxy) is 2. The highest BCUT2D eigenvalue weighted by molar-refractivity contribution is 5.60. The molecule has 1 unspecified atom stereocenters. The van der Waals surface area contributed by atoms with E-state index in [2.05, 4.69) is 4.98 Å². The highest BCUT2D eigenvalue weighted by Crippen LogP contribution is 2.36. The van der Waals surface area contributed by atoms with Gasteiger partial charge in [-0.2, -0.15) is 13.2 Å². The SMILES string of the molecule is COc1cc(N2CCC(Oc3ccc(C(F)(F)F)cn3)C2)c(F)cc1[N+](=O)[O-]. The maximum atomic E-state index is 14.3. The molecule has 2 aromatic rings. The number of aromatic nitrogens is 1. The topological polar surface area (TPSA) is 77.7 Å². The molecule has 3 rings (SSSR count). The fourth-order valence-corrected chi connectivity index (χ4v) is 2.91. The lowest BCUT2D eigenvalue weighted by Gasteiger charge is -2.20. The fraction of sp³-hybridized carbons (Fsp3) is 0.353. The third-order valence-electron chi connectivity index (χ3n) is 4.28. The maximum Gasteiger partial charge on any atom is 0.417 e. The molecule has 28 heavy (non-hydrogen) atoms. The Kier molecular flexibility index (Phi) is 5.25. The summed E-state index contributed by atoms with van der Waals surface area (Å²) >= 11 is 0. The molecular formula is C17H15F4N3O4. The van der Waals surface area contributed by atoms with Gasteiger partial charge < -0.3 is 14.4 Å². The summed E-state index contributed by atoms with van der Waals surface area (Å²) in [6.45, 7) is 0.629. The van der Waals surface area contributed by atoms with Crippen LogP contribution in [0.25, 0.3) is 0 Å². The zero-order valence-corrected chi connectivity index (χ0v) is 14.6. The van der Waals surface area contributed by atoms with E-state index in [0.29, 0.717) is 19.2 Å². The van der Waals surface area contributed by atoms with E-state index in [4.69, 9.17) is 9.47 Å². The molecule has 0 aliphatic carbocycles. The van der Waals surface area contributed by atoms with Crippen molar-refractivity contribution in [3.63, 3.8) is 0 Å². The third kappa shape index (κ3) is 4.07. The molecule has 1 aliphatic rings. The number of rotatable bonds is 5. The van der Waals surface area contributed by atoms with Gasteiger partial charge in [0.05, 0.1) is 35.9 Å². The Morgan fingerprint density at radius 3 is 2.64 bits per heavy atom. The van der Waals surface area contributed by atoms with Crippen molar-refractivity contribution in [2.24, 2.45) is 0 Å². The summed E-state index contributed by atoms with van der Waals surface area (Å²) in [5, 5.41) is 11.0. The molecule has 1 fully saturated rings. The van der Waals surface area contributed by atoms with Crippen LogP contribution in [0.3, 0.4) is 0 Å². The summed E-state index contributed by atoms with van der Waals surface area (Å²) in [6.07, 6.45) is -3.75. The number of methoxy groups -OCH3 is 1. The second-order valence-electron chi connectivity index (χ2n) is 6.09. The fourth-order valence-electron chi connectivity index (χ4n) is 2.91. The van der Waals surface area contributed by atoms with Crippen LogP contribution in [-0.2, 0) is 6.18 Å². The maximum absolute atomic E-state index is 14.3. The van der Waals surface area contributed by atoms with E-state index in [1.165, 1.54) is 13.2 Å². The Labute approximate surface area is 156 Å². The molecular weight excluding hydrogens is 386 g/mol. The lowest BCUT2D eigenvalue weighted by atomic mass is 10.2. The Morgan fingerprint density at radius 2 is 2.07 bits per heavy atom. The monoisotopic (exact) mass is 401 g/mol. The molecule has 1 saturated heterocycles. The van der Waals surface area contributed by atoms with Crippen LogP contribution in [0.4, 0.5) is 28.9 Å². The number of nitrogens with zero attached hydrogens (tertiary/aromatic N) is 3. The lowest BCUT2D eigenvalue weighted by Crippen LogP contribution is -2.25. The minimum atomic E-state index is -4.48. The van der Waals surface area contributed by atoms with Gasteiger partial charge in [0.15, 0.2) is 11.6 Å². The normalized spacial score (nSPS) is 16.9. The number of halogens is 4. The summed E-state index contributed by atoms with van der Waals surface area (Å²) in [4.78, 5) is 15.5. The molecule has 1 atom stereocenters. The van der Waals surface area contributed by atoms with Gasteiger partial charge in [0.2, 0.25) is 5.88 Å². The molecule has 0 N–H and O–H groups in total. The van der Waals surface area contributed by atoms with E-state index in [1.807, 2.05) is 0 Å². The average molecular weight is 401 g/mol. The second-order valence-corrected chi connectivity index (χ2v) is 6.09. The van der Waals surface area contributed by atoms with Crippen molar-refractivity contribution in [1.82, 2.24) is 4.98 Å². The van der Waals surface area contributed by atoms with Crippen molar-refractivity contribution in [1.29, 1.82) is 0 Å². The van der Waals surface area contributed by atoms with Crippen molar-refractivity contribution in [2.75, 3.05) is 25.1 Å². The van der Waals surface area contributed by atoms with Gasteiger partial charge in [-0.15, -0.1) is 0 Å². The number of nitro groups is 1. The Bertz CT molecular complexity index is 874. The first-order valence-corrected chi connectivity index (χ1v) is 8.16. The molecule has 1 aromatic carbocycles. The number of benzene rings is 1. The first-order chi connectivity index (χ1) is 13.2. The summed E-state index contributed by atoms with van der Waals surface area (Å²) in [6, 6.07) is 4.03. The minimum Gasteiger partial charge on any atom is -0.490 e. The largest absolute Gasteiger partial charge is 0.490 e. The number of hydrogen-bond acceptors (Lipinski definition) is 6. The van der Waals surface area contributed by atoms with Gasteiger partial charge in [-0.25, -0.2) is 9.37 Å². The van der Waals surface area contributed by atoms with Crippen LogP contribution in [0.15, 0.2) is 30.5 Å². The van der Waals surface area contributed by atoms with Crippen molar-refractivity contribution < 1.29 is 32.0 Å². The van der Waals surface area contributed by atoms with E-state index in [9.17, 15) is 27.7 Å². The number of hydrogen-bond donors (Lipinski definition) is 0. The van der Waals surface area contributed by atoms with Gasteiger partial charge in [0, 0.05) is 31.3 Å². The van der Waals surface area contributed by atoms with E-state index in [0.717, 1.165) is 18.2 Å². The van der Waals surface area contributed by atoms with Crippen molar-refractivity contribution in [3.05, 3.63) is 52.0 Å². The van der Waals surface area contributed by atoms with Gasteiger partial charge in [-0.05, 0) is 6.07 Å². The van der Waals surface area contributed by atoms with Crippen LogP contribution in [-0.4, -0.2) is 36.2 Å². The van der Waals surface area contributed by atoms with Gasteiger partial charge in [-0.1, -0.05) is 0 Å². The summed E-state index contributed by atoms with van der Waals surface area (Å²) in [5.41, 5.74) is -1.24. The Hall–Kier alpha value is -3.11. The number of alkyl halides is 3. The first kappa shape index (κ1) is 19.6. The van der Waals surface area contributed by atoms with E-state index in [1.54, 1.807) is 4.90 Å². The Balaban J connectivity index is 1.71. The van der Waals surface area contributed by atoms with Gasteiger partial charge >= 0.3 is 11.9 Å². The van der Waals surface area contributed by atoms with Gasteiger partial charge in [-0.3, -0.25) is 10.1 Å². The van der Waals surface area contributed by atoms with Crippen molar-refractivity contribution >= 4 is 11.4 Å².